The van der Waals surface area contributed by atoms with Gasteiger partial charge in [0.15, 0.2) is 0 Å². The summed E-state index contributed by atoms with van der Waals surface area (Å²) in [6.45, 7) is 3.79. The van der Waals surface area contributed by atoms with E-state index >= 15 is 0 Å². The second-order valence-electron chi connectivity index (χ2n) is 3.90. The second kappa shape index (κ2) is 5.00. The van der Waals surface area contributed by atoms with E-state index in [-0.39, 0.29) is 0 Å². The van der Waals surface area contributed by atoms with Crippen molar-refractivity contribution in [2.24, 2.45) is 5.92 Å². The number of rotatable bonds is 4. The Morgan fingerprint density at radius 1 is 1.62 bits per heavy atom. The van der Waals surface area contributed by atoms with Gasteiger partial charge in [-0.15, -0.1) is 0 Å². The molecule has 1 aliphatic rings. The Morgan fingerprint density at radius 2 is 2.38 bits per heavy atom. The molecule has 0 bridgehead atoms. The van der Waals surface area contributed by atoms with Gasteiger partial charge >= 0.3 is 0 Å². The van der Waals surface area contributed by atoms with Gasteiger partial charge in [0.25, 0.3) is 0 Å². The molecule has 0 amide bonds. The first kappa shape index (κ1) is 10.2. The molecule has 0 heterocycles. The summed E-state index contributed by atoms with van der Waals surface area (Å²) in [5.41, 5.74) is 1.36. The minimum Gasteiger partial charge on any atom is -0.300 e. The molecule has 1 nitrogen and oxygen atoms in total. The average Bonchev–Trinajstić information content (AvgIpc) is 2.08. The van der Waals surface area contributed by atoms with Crippen LogP contribution in [0.5, 0.6) is 0 Å². The van der Waals surface area contributed by atoms with Crippen molar-refractivity contribution < 1.29 is 4.79 Å². The van der Waals surface area contributed by atoms with E-state index < -0.39 is 0 Å². The van der Waals surface area contributed by atoms with Gasteiger partial charge in [-0.05, 0) is 39.0 Å². The molecular formula is C12H18O. The smallest absolute Gasteiger partial charge is 0.129 e. The first-order valence-electron chi connectivity index (χ1n) is 5.03. The summed E-state index contributed by atoms with van der Waals surface area (Å²) in [4.78, 5) is 10.7. The Labute approximate surface area is 80.5 Å². The Hall–Kier alpha value is -0.850. The lowest BCUT2D eigenvalue weighted by molar-refractivity contribution is -0.117. The van der Waals surface area contributed by atoms with E-state index in [1.54, 1.807) is 6.92 Å². The minimum absolute atomic E-state index is 0.312. The summed E-state index contributed by atoms with van der Waals surface area (Å²) in [7, 11) is 0. The molecule has 0 saturated carbocycles. The highest BCUT2D eigenvalue weighted by molar-refractivity contribution is 5.75. The third kappa shape index (κ3) is 4.07. The number of hydrogen-bond acceptors (Lipinski definition) is 1. The van der Waals surface area contributed by atoms with Crippen LogP contribution in [0.4, 0.5) is 0 Å². The fourth-order valence-electron chi connectivity index (χ4n) is 1.60. The highest BCUT2D eigenvalue weighted by atomic mass is 16.1. The molecule has 1 unspecified atom stereocenters. The Morgan fingerprint density at radius 3 is 2.92 bits per heavy atom. The maximum Gasteiger partial charge on any atom is 0.129 e. The van der Waals surface area contributed by atoms with Crippen molar-refractivity contribution in [3.63, 3.8) is 0 Å². The monoisotopic (exact) mass is 178 g/mol. The van der Waals surface area contributed by atoms with E-state index in [2.05, 4.69) is 25.2 Å². The van der Waals surface area contributed by atoms with E-state index in [0.717, 1.165) is 25.7 Å². The van der Waals surface area contributed by atoms with Crippen LogP contribution in [0, 0.1) is 5.92 Å². The van der Waals surface area contributed by atoms with Crippen molar-refractivity contribution in [3.8, 4) is 0 Å². The summed E-state index contributed by atoms with van der Waals surface area (Å²) in [6.07, 6.45) is 10.8. The molecule has 0 saturated heterocycles. The van der Waals surface area contributed by atoms with E-state index in [9.17, 15) is 4.79 Å². The lowest BCUT2D eigenvalue weighted by atomic mass is 9.92. The van der Waals surface area contributed by atoms with Gasteiger partial charge in [-0.2, -0.15) is 0 Å². The van der Waals surface area contributed by atoms with Crippen molar-refractivity contribution >= 4 is 5.78 Å². The number of allylic oxidation sites excluding steroid dienone is 4. The van der Waals surface area contributed by atoms with E-state index in [1.807, 2.05) is 0 Å². The van der Waals surface area contributed by atoms with E-state index in [4.69, 9.17) is 0 Å². The molecule has 0 aliphatic heterocycles. The van der Waals surface area contributed by atoms with Crippen molar-refractivity contribution in [3.05, 3.63) is 23.8 Å². The predicted octanol–water partition coefficient (Wildman–Crippen LogP) is 3.27. The fraction of sp³-hybridized carbons (Fsp3) is 0.583. The SMILES string of the molecule is CC(=O)CCCC1C=CC(C)=CC1. The fourth-order valence-corrected chi connectivity index (χ4v) is 1.60. The van der Waals surface area contributed by atoms with Crippen LogP contribution in [0.1, 0.15) is 39.5 Å². The maximum absolute atomic E-state index is 10.7. The van der Waals surface area contributed by atoms with Crippen LogP contribution >= 0.6 is 0 Å². The largest absolute Gasteiger partial charge is 0.300 e. The van der Waals surface area contributed by atoms with Crippen LogP contribution in [-0.2, 0) is 4.79 Å². The van der Waals surface area contributed by atoms with Gasteiger partial charge in [-0.3, -0.25) is 0 Å². The number of carbonyl (C=O) groups excluding carboxylic acids is 1. The number of carbonyl (C=O) groups is 1. The van der Waals surface area contributed by atoms with Gasteiger partial charge in [0.1, 0.15) is 5.78 Å². The molecule has 0 N–H and O–H groups in total. The Bertz CT molecular complexity index is 236. The molecular weight excluding hydrogens is 160 g/mol. The standard InChI is InChI=1S/C12H18O/c1-10-6-8-12(9-7-10)5-3-4-11(2)13/h6-8,12H,3-5,9H2,1-2H3. The van der Waals surface area contributed by atoms with Gasteiger partial charge in [-0.1, -0.05) is 23.8 Å². The number of Topliss-reactive ketones (excluding diaryl/α,β-unsaturated/α-hetero) is 1. The number of ketones is 1. The highest BCUT2D eigenvalue weighted by Crippen LogP contribution is 2.21. The quantitative estimate of drug-likeness (QED) is 0.645. The summed E-state index contributed by atoms with van der Waals surface area (Å²) >= 11 is 0. The highest BCUT2D eigenvalue weighted by Gasteiger charge is 2.06. The average molecular weight is 178 g/mol. The molecule has 1 rings (SSSR count). The van der Waals surface area contributed by atoms with Crippen LogP contribution in [0.2, 0.25) is 0 Å². The van der Waals surface area contributed by atoms with Crippen molar-refractivity contribution in [2.75, 3.05) is 0 Å². The Balaban J connectivity index is 2.18. The molecule has 0 radical (unpaired) electrons. The minimum atomic E-state index is 0.312. The van der Waals surface area contributed by atoms with Crippen LogP contribution in [0.25, 0.3) is 0 Å². The van der Waals surface area contributed by atoms with E-state index in [1.165, 1.54) is 5.57 Å². The van der Waals surface area contributed by atoms with Gasteiger partial charge in [-0.25, -0.2) is 0 Å². The zero-order chi connectivity index (χ0) is 9.68. The van der Waals surface area contributed by atoms with Crippen LogP contribution in [-0.4, -0.2) is 5.78 Å². The van der Waals surface area contributed by atoms with Crippen LogP contribution in [0.15, 0.2) is 23.8 Å². The molecule has 1 heteroatoms. The summed E-state index contributed by atoms with van der Waals surface area (Å²) < 4.78 is 0. The normalized spacial score (nSPS) is 21.4. The number of hydrogen-bond donors (Lipinski definition) is 0. The summed E-state index contributed by atoms with van der Waals surface area (Å²) in [5.74, 6) is 0.981. The first-order chi connectivity index (χ1) is 6.18. The molecule has 0 fully saturated rings. The van der Waals surface area contributed by atoms with Gasteiger partial charge < -0.3 is 4.79 Å². The van der Waals surface area contributed by atoms with Crippen molar-refractivity contribution in [1.82, 2.24) is 0 Å². The molecule has 0 aromatic carbocycles. The third-order valence-electron chi connectivity index (χ3n) is 2.48. The third-order valence-corrected chi connectivity index (χ3v) is 2.48. The van der Waals surface area contributed by atoms with Crippen molar-refractivity contribution in [2.45, 2.75) is 39.5 Å². The maximum atomic E-state index is 10.7. The molecule has 13 heavy (non-hydrogen) atoms. The predicted molar refractivity (Wildman–Crippen MR) is 55.5 cm³/mol. The molecule has 72 valence electrons. The van der Waals surface area contributed by atoms with Crippen LogP contribution in [0.3, 0.4) is 0 Å². The van der Waals surface area contributed by atoms with Gasteiger partial charge in [0.2, 0.25) is 0 Å². The lowest BCUT2D eigenvalue weighted by Crippen LogP contribution is -2.00. The Kier molecular flexibility index (Phi) is 3.94. The van der Waals surface area contributed by atoms with E-state index in [0.29, 0.717) is 11.7 Å². The molecule has 0 aromatic heterocycles. The lowest BCUT2D eigenvalue weighted by Gasteiger charge is -2.13. The second-order valence-corrected chi connectivity index (χ2v) is 3.90. The molecule has 1 aliphatic carbocycles. The van der Waals surface area contributed by atoms with Crippen LogP contribution < -0.4 is 0 Å². The molecule has 0 aromatic rings. The van der Waals surface area contributed by atoms with Gasteiger partial charge in [0, 0.05) is 6.42 Å². The van der Waals surface area contributed by atoms with Crippen molar-refractivity contribution in [1.29, 1.82) is 0 Å². The molecule has 1 atom stereocenters. The topological polar surface area (TPSA) is 17.1 Å². The summed E-state index contributed by atoms with van der Waals surface area (Å²) in [5, 5.41) is 0. The zero-order valence-corrected chi connectivity index (χ0v) is 8.55. The first-order valence-corrected chi connectivity index (χ1v) is 5.03. The molecule has 0 spiro atoms. The zero-order valence-electron chi connectivity index (χ0n) is 8.55. The van der Waals surface area contributed by atoms with Gasteiger partial charge in [0.05, 0.1) is 0 Å². The summed E-state index contributed by atoms with van der Waals surface area (Å²) in [6, 6.07) is 0.